The van der Waals surface area contributed by atoms with E-state index in [-0.39, 0.29) is 5.92 Å². The lowest BCUT2D eigenvalue weighted by Crippen LogP contribution is -1.97. The molecule has 0 fully saturated rings. The first-order valence-corrected chi connectivity index (χ1v) is 11.8. The molecule has 0 saturated carbocycles. The maximum absolute atomic E-state index is 6.03. The number of rotatable bonds is 8. The first kappa shape index (κ1) is 23.2. The van der Waals surface area contributed by atoms with Gasteiger partial charge in [-0.1, -0.05) is 45.0 Å². The van der Waals surface area contributed by atoms with Crippen molar-refractivity contribution in [3.63, 3.8) is 0 Å². The third-order valence-corrected chi connectivity index (χ3v) is 6.22. The average molecular weight is 453 g/mol. The zero-order valence-electron chi connectivity index (χ0n) is 20.0. The Morgan fingerprint density at radius 2 is 0.912 bits per heavy atom. The highest BCUT2D eigenvalue weighted by molar-refractivity contribution is 5.52. The van der Waals surface area contributed by atoms with Crippen LogP contribution in [0.5, 0.6) is 23.0 Å². The molecule has 4 nitrogen and oxygen atoms in total. The summed E-state index contributed by atoms with van der Waals surface area (Å²) in [6, 6.07) is 28.1. The minimum absolute atomic E-state index is 0.245. The van der Waals surface area contributed by atoms with Gasteiger partial charge in [-0.05, 0) is 95.8 Å². The second-order valence-electron chi connectivity index (χ2n) is 8.49. The van der Waals surface area contributed by atoms with Crippen LogP contribution in [0.1, 0.15) is 48.9 Å². The molecule has 0 aliphatic heterocycles. The topological polar surface area (TPSA) is 70.5 Å². The highest BCUT2D eigenvalue weighted by Gasteiger charge is 2.10. The fourth-order valence-electron chi connectivity index (χ4n) is 4.02. The molecule has 0 aliphatic rings. The van der Waals surface area contributed by atoms with Crippen molar-refractivity contribution >= 4 is 11.4 Å². The number of benzene rings is 4. The summed E-state index contributed by atoms with van der Waals surface area (Å²) in [6.07, 6.45) is 1.76. The average Bonchev–Trinajstić information content (AvgIpc) is 2.87. The van der Waals surface area contributed by atoms with Gasteiger partial charge in [-0.2, -0.15) is 0 Å². The quantitative estimate of drug-likeness (QED) is 0.269. The number of nitrogens with two attached hydrogens (primary N) is 2. The van der Waals surface area contributed by atoms with E-state index >= 15 is 0 Å². The maximum atomic E-state index is 6.03. The summed E-state index contributed by atoms with van der Waals surface area (Å²) in [4.78, 5) is 0. The molecule has 0 radical (unpaired) electrons. The van der Waals surface area contributed by atoms with Gasteiger partial charge in [0.25, 0.3) is 0 Å². The van der Waals surface area contributed by atoms with Gasteiger partial charge >= 0.3 is 0 Å². The number of nitrogen functional groups attached to an aromatic ring is 2. The lowest BCUT2D eigenvalue weighted by Gasteiger charge is -2.15. The van der Waals surface area contributed by atoms with Crippen LogP contribution < -0.4 is 20.9 Å². The summed E-state index contributed by atoms with van der Waals surface area (Å²) in [7, 11) is 0. The summed E-state index contributed by atoms with van der Waals surface area (Å²) in [5.41, 5.74) is 18.2. The number of aryl methyl sites for hydroxylation is 2. The van der Waals surface area contributed by atoms with E-state index in [2.05, 4.69) is 45.0 Å². The van der Waals surface area contributed by atoms with Crippen LogP contribution in [0.3, 0.4) is 0 Å². The molecule has 0 amide bonds. The molecular weight excluding hydrogens is 420 g/mol. The molecule has 4 N–H and O–H groups in total. The summed E-state index contributed by atoms with van der Waals surface area (Å²) >= 11 is 0. The Hall–Kier alpha value is -3.92. The van der Waals surface area contributed by atoms with Crippen molar-refractivity contribution in [1.29, 1.82) is 0 Å². The Balaban J connectivity index is 1.42. The van der Waals surface area contributed by atoms with Crippen molar-refractivity contribution in [2.75, 3.05) is 11.5 Å². The standard InChI is InChI=1S/C30H32N2O2/c1-4-21-18-27(14-16-29(21)31)33-25-10-6-23(7-11-25)20(3)24-8-12-26(13-9-24)34-28-15-17-30(32)22(5-2)19-28/h6-20H,4-5,31-32H2,1-3H3. The van der Waals surface area contributed by atoms with Gasteiger partial charge in [-0.3, -0.25) is 0 Å². The van der Waals surface area contributed by atoms with Crippen LogP contribution in [0.2, 0.25) is 0 Å². The first-order chi connectivity index (χ1) is 16.5. The molecule has 34 heavy (non-hydrogen) atoms. The van der Waals surface area contributed by atoms with Crippen molar-refractivity contribution in [1.82, 2.24) is 0 Å². The minimum atomic E-state index is 0.245. The summed E-state index contributed by atoms with van der Waals surface area (Å²) in [5, 5.41) is 0. The van der Waals surface area contributed by atoms with Gasteiger partial charge in [0.15, 0.2) is 0 Å². The molecule has 0 heterocycles. The van der Waals surface area contributed by atoms with E-state index < -0.39 is 0 Å². The van der Waals surface area contributed by atoms with Crippen molar-refractivity contribution < 1.29 is 9.47 Å². The largest absolute Gasteiger partial charge is 0.457 e. The lowest BCUT2D eigenvalue weighted by molar-refractivity contribution is 0.482. The van der Waals surface area contributed by atoms with Crippen LogP contribution in [-0.2, 0) is 12.8 Å². The van der Waals surface area contributed by atoms with Crippen LogP contribution in [-0.4, -0.2) is 0 Å². The van der Waals surface area contributed by atoms with E-state index in [4.69, 9.17) is 20.9 Å². The van der Waals surface area contributed by atoms with Gasteiger partial charge in [0.1, 0.15) is 23.0 Å². The smallest absolute Gasteiger partial charge is 0.127 e. The predicted octanol–water partition coefficient (Wildman–Crippen LogP) is 7.71. The molecule has 174 valence electrons. The SMILES string of the molecule is CCc1cc(Oc2ccc(C(C)c3ccc(Oc4ccc(N)c(CC)c4)cc3)cc2)ccc1N. The van der Waals surface area contributed by atoms with Crippen LogP contribution in [0.15, 0.2) is 84.9 Å². The Morgan fingerprint density at radius 1 is 0.559 bits per heavy atom. The van der Waals surface area contributed by atoms with Gasteiger partial charge in [0.2, 0.25) is 0 Å². The Labute approximate surface area is 202 Å². The lowest BCUT2D eigenvalue weighted by atomic mass is 9.93. The molecule has 0 aliphatic carbocycles. The monoisotopic (exact) mass is 452 g/mol. The Morgan fingerprint density at radius 3 is 1.26 bits per heavy atom. The van der Waals surface area contributed by atoms with E-state index in [1.165, 1.54) is 11.1 Å². The van der Waals surface area contributed by atoms with Gasteiger partial charge < -0.3 is 20.9 Å². The molecule has 0 saturated heterocycles. The Kier molecular flexibility index (Phi) is 7.07. The van der Waals surface area contributed by atoms with Crippen molar-refractivity contribution in [3.8, 4) is 23.0 Å². The second kappa shape index (κ2) is 10.3. The molecule has 0 spiro atoms. The van der Waals surface area contributed by atoms with E-state index in [9.17, 15) is 0 Å². The minimum Gasteiger partial charge on any atom is -0.457 e. The zero-order chi connectivity index (χ0) is 24.1. The van der Waals surface area contributed by atoms with E-state index in [0.29, 0.717) is 0 Å². The fraction of sp³-hybridized carbons (Fsp3) is 0.200. The van der Waals surface area contributed by atoms with Gasteiger partial charge in [0, 0.05) is 17.3 Å². The normalized spacial score (nSPS) is 10.9. The molecule has 0 aromatic heterocycles. The molecule has 0 unspecified atom stereocenters. The van der Waals surface area contributed by atoms with Crippen molar-refractivity contribution in [2.45, 2.75) is 39.5 Å². The third-order valence-electron chi connectivity index (χ3n) is 6.22. The molecule has 4 aromatic carbocycles. The van der Waals surface area contributed by atoms with Crippen molar-refractivity contribution in [3.05, 3.63) is 107 Å². The summed E-state index contributed by atoms with van der Waals surface area (Å²) in [6.45, 7) is 6.38. The molecule has 4 rings (SSSR count). The van der Waals surface area contributed by atoms with E-state index in [1.807, 2.05) is 60.7 Å². The molecular formula is C30H32N2O2. The van der Waals surface area contributed by atoms with Crippen LogP contribution in [0.4, 0.5) is 11.4 Å². The molecule has 4 aromatic rings. The van der Waals surface area contributed by atoms with Crippen LogP contribution in [0.25, 0.3) is 0 Å². The highest BCUT2D eigenvalue weighted by atomic mass is 16.5. The van der Waals surface area contributed by atoms with Crippen LogP contribution in [0, 0.1) is 0 Å². The number of hydrogen-bond donors (Lipinski definition) is 2. The summed E-state index contributed by atoms with van der Waals surface area (Å²) in [5.74, 6) is 3.46. The van der Waals surface area contributed by atoms with E-state index in [0.717, 1.165) is 58.3 Å². The molecule has 0 atom stereocenters. The van der Waals surface area contributed by atoms with Crippen LogP contribution >= 0.6 is 0 Å². The number of ether oxygens (including phenoxy) is 2. The zero-order valence-corrected chi connectivity index (χ0v) is 20.0. The highest BCUT2D eigenvalue weighted by Crippen LogP contribution is 2.31. The van der Waals surface area contributed by atoms with Crippen molar-refractivity contribution in [2.24, 2.45) is 0 Å². The predicted molar refractivity (Wildman–Crippen MR) is 141 cm³/mol. The van der Waals surface area contributed by atoms with Gasteiger partial charge in [0.05, 0.1) is 0 Å². The Bertz CT molecular complexity index is 1150. The summed E-state index contributed by atoms with van der Waals surface area (Å²) < 4.78 is 12.1. The molecule has 0 bridgehead atoms. The maximum Gasteiger partial charge on any atom is 0.127 e. The first-order valence-electron chi connectivity index (χ1n) is 11.8. The third kappa shape index (κ3) is 5.34. The number of anilines is 2. The fourth-order valence-corrected chi connectivity index (χ4v) is 4.02. The van der Waals surface area contributed by atoms with Gasteiger partial charge in [-0.15, -0.1) is 0 Å². The second-order valence-corrected chi connectivity index (χ2v) is 8.49. The molecule has 4 heteroatoms. The van der Waals surface area contributed by atoms with E-state index in [1.54, 1.807) is 0 Å². The number of hydrogen-bond acceptors (Lipinski definition) is 4. The van der Waals surface area contributed by atoms with Gasteiger partial charge in [-0.25, -0.2) is 0 Å².